The summed E-state index contributed by atoms with van der Waals surface area (Å²) in [5.41, 5.74) is 2.02. The van der Waals surface area contributed by atoms with E-state index in [0.717, 1.165) is 30.0 Å². The topological polar surface area (TPSA) is 95.6 Å². The van der Waals surface area contributed by atoms with E-state index >= 15 is 0 Å². The quantitative estimate of drug-likeness (QED) is 0.308. The number of H-pyrrole nitrogens is 1. The number of benzene rings is 1. The van der Waals surface area contributed by atoms with Gasteiger partial charge in [-0.3, -0.25) is 4.79 Å². The molecule has 1 fully saturated rings. The first-order valence-electron chi connectivity index (χ1n) is 10.5. The Morgan fingerprint density at radius 1 is 1.12 bits per heavy atom. The fourth-order valence-electron chi connectivity index (χ4n) is 3.93. The normalized spacial score (nSPS) is 19.2. The lowest BCUT2D eigenvalue weighted by Gasteiger charge is -2.39. The number of aromatic amines is 1. The van der Waals surface area contributed by atoms with E-state index < -0.39 is 11.2 Å². The van der Waals surface area contributed by atoms with Crippen molar-refractivity contribution in [3.8, 4) is 11.4 Å². The molecule has 0 bridgehead atoms. The molecule has 162 valence electrons. The fourth-order valence-corrected chi connectivity index (χ4v) is 5.55. The lowest BCUT2D eigenvalue weighted by atomic mass is 10.1. The van der Waals surface area contributed by atoms with Crippen LogP contribution >= 0.6 is 8.58 Å². The molecule has 0 radical (unpaired) electrons. The molecule has 1 amide bonds. The Morgan fingerprint density at radius 3 is 2.81 bits per heavy atom. The van der Waals surface area contributed by atoms with Crippen LogP contribution in [-0.4, -0.2) is 37.4 Å². The number of carbonyl (C=O) groups excluding carboxylic acids is 1. The summed E-state index contributed by atoms with van der Waals surface area (Å²) in [7, 11) is 0.390. The lowest BCUT2D eigenvalue weighted by molar-refractivity contribution is 0.0930. The average Bonchev–Trinajstić information content (AvgIpc) is 3.26. The first-order valence-corrected chi connectivity index (χ1v) is 11.7. The van der Waals surface area contributed by atoms with E-state index in [1.807, 2.05) is 30.3 Å². The molecule has 9 heteroatoms. The van der Waals surface area contributed by atoms with Crippen molar-refractivity contribution in [1.29, 1.82) is 0 Å². The lowest BCUT2D eigenvalue weighted by Crippen LogP contribution is -2.52. The highest BCUT2D eigenvalue weighted by atomic mass is 31.1. The molecule has 0 saturated carbocycles. The molecular formula is C23H22FN6OP. The standard InChI is InChI=1S/C23H22FN6OP/c24-18-14-27-20(17-13-26-19-16(17)9-6-11-25-19)28-21(18)29-23(10-4-5-12-32-23)30-22(31)15-7-2-1-3-8-15/h1-3,6-9,11,13-14,32H,4-5,10,12H2,(H,25,26)(H,30,31)(H,27,28,29). The van der Waals surface area contributed by atoms with Crippen molar-refractivity contribution in [2.45, 2.75) is 24.7 Å². The van der Waals surface area contributed by atoms with Crippen molar-refractivity contribution >= 4 is 31.3 Å². The first kappa shape index (κ1) is 20.5. The molecule has 2 unspecified atom stereocenters. The number of rotatable bonds is 5. The minimum Gasteiger partial charge on any atom is -0.345 e. The van der Waals surface area contributed by atoms with E-state index in [2.05, 4.69) is 30.6 Å². The molecule has 3 N–H and O–H groups in total. The maximum absolute atomic E-state index is 14.8. The van der Waals surface area contributed by atoms with Crippen LogP contribution < -0.4 is 10.6 Å². The number of amides is 1. The third-order valence-corrected chi connectivity index (χ3v) is 7.24. The zero-order valence-corrected chi connectivity index (χ0v) is 18.2. The number of nitrogens with zero attached hydrogens (tertiary/aromatic N) is 3. The van der Waals surface area contributed by atoms with Gasteiger partial charge in [-0.25, -0.2) is 19.3 Å². The number of halogens is 1. The molecule has 3 aromatic heterocycles. The second-order valence-corrected chi connectivity index (χ2v) is 9.43. The molecule has 1 saturated heterocycles. The Kier molecular flexibility index (Phi) is 5.53. The van der Waals surface area contributed by atoms with Crippen LogP contribution in [0.2, 0.25) is 0 Å². The van der Waals surface area contributed by atoms with Gasteiger partial charge in [0.1, 0.15) is 11.1 Å². The van der Waals surface area contributed by atoms with Gasteiger partial charge < -0.3 is 15.6 Å². The number of nitrogens with one attached hydrogen (secondary N) is 3. The second-order valence-electron chi connectivity index (χ2n) is 7.73. The highest BCUT2D eigenvalue weighted by molar-refractivity contribution is 7.40. The maximum Gasteiger partial charge on any atom is 0.253 e. The van der Waals surface area contributed by atoms with E-state index in [1.165, 1.54) is 6.20 Å². The Balaban J connectivity index is 1.47. The Labute approximate surface area is 186 Å². The number of carbonyl (C=O) groups is 1. The molecule has 32 heavy (non-hydrogen) atoms. The smallest absolute Gasteiger partial charge is 0.253 e. The Bertz CT molecular complexity index is 1260. The molecule has 1 aromatic carbocycles. The SMILES string of the molecule is O=C(NC1(Nc2nc(-c3c[nH]c4ncccc34)ncc2F)CCCCP1)c1ccccc1. The summed E-state index contributed by atoms with van der Waals surface area (Å²) in [6.45, 7) is 0. The van der Waals surface area contributed by atoms with Gasteiger partial charge in [0, 0.05) is 28.9 Å². The highest BCUT2D eigenvalue weighted by Gasteiger charge is 2.35. The minimum absolute atomic E-state index is 0.0796. The molecule has 1 aliphatic rings. The number of hydrogen-bond donors (Lipinski definition) is 3. The van der Waals surface area contributed by atoms with Crippen molar-refractivity contribution in [2.75, 3.05) is 11.5 Å². The predicted molar refractivity (Wildman–Crippen MR) is 124 cm³/mol. The van der Waals surface area contributed by atoms with Crippen LogP contribution in [-0.2, 0) is 0 Å². The van der Waals surface area contributed by atoms with E-state index in [-0.39, 0.29) is 11.7 Å². The Morgan fingerprint density at radius 2 is 2.00 bits per heavy atom. The van der Waals surface area contributed by atoms with Crippen LogP contribution in [0.1, 0.15) is 29.6 Å². The maximum atomic E-state index is 14.8. The van der Waals surface area contributed by atoms with Gasteiger partial charge in [-0.05, 0) is 49.7 Å². The zero-order valence-electron chi connectivity index (χ0n) is 17.2. The van der Waals surface area contributed by atoms with Crippen LogP contribution in [0.3, 0.4) is 0 Å². The monoisotopic (exact) mass is 448 g/mol. The molecular weight excluding hydrogens is 426 g/mol. The van der Waals surface area contributed by atoms with E-state index in [0.29, 0.717) is 32.0 Å². The van der Waals surface area contributed by atoms with E-state index in [4.69, 9.17) is 0 Å². The highest BCUT2D eigenvalue weighted by Crippen LogP contribution is 2.40. The van der Waals surface area contributed by atoms with Gasteiger partial charge in [0.15, 0.2) is 17.5 Å². The summed E-state index contributed by atoms with van der Waals surface area (Å²) in [5, 5.41) is 6.48. The fraction of sp³-hybridized carbons (Fsp3) is 0.217. The van der Waals surface area contributed by atoms with Crippen LogP contribution in [0.25, 0.3) is 22.4 Å². The summed E-state index contributed by atoms with van der Waals surface area (Å²) < 4.78 is 14.8. The van der Waals surface area contributed by atoms with Crippen molar-refractivity contribution in [1.82, 2.24) is 25.3 Å². The largest absolute Gasteiger partial charge is 0.345 e. The molecule has 4 aromatic rings. The average molecular weight is 448 g/mol. The van der Waals surface area contributed by atoms with E-state index in [1.54, 1.807) is 24.5 Å². The zero-order chi connectivity index (χ0) is 22.0. The third-order valence-electron chi connectivity index (χ3n) is 5.54. The first-order chi connectivity index (χ1) is 15.6. The van der Waals surface area contributed by atoms with E-state index in [9.17, 15) is 9.18 Å². The number of hydrogen-bond acceptors (Lipinski definition) is 5. The summed E-state index contributed by atoms with van der Waals surface area (Å²) in [5.74, 6) is -0.284. The summed E-state index contributed by atoms with van der Waals surface area (Å²) in [4.78, 5) is 29.0. The van der Waals surface area contributed by atoms with Gasteiger partial charge in [0.2, 0.25) is 0 Å². The van der Waals surface area contributed by atoms with Crippen LogP contribution in [0.15, 0.2) is 61.1 Å². The molecule has 7 nitrogen and oxygen atoms in total. The Hall–Kier alpha value is -3.38. The predicted octanol–water partition coefficient (Wildman–Crippen LogP) is 4.52. The number of fused-ring (bicyclic) bond motifs is 1. The van der Waals surface area contributed by atoms with Crippen molar-refractivity contribution < 1.29 is 9.18 Å². The molecule has 4 heterocycles. The molecule has 1 aliphatic heterocycles. The van der Waals surface area contributed by atoms with Crippen LogP contribution in [0.4, 0.5) is 10.2 Å². The van der Waals surface area contributed by atoms with Crippen LogP contribution in [0.5, 0.6) is 0 Å². The summed E-state index contributed by atoms with van der Waals surface area (Å²) in [6.07, 6.45) is 8.30. The molecule has 5 rings (SSSR count). The molecule has 2 atom stereocenters. The van der Waals surface area contributed by atoms with Crippen LogP contribution in [0, 0.1) is 5.82 Å². The van der Waals surface area contributed by atoms with Gasteiger partial charge in [-0.15, -0.1) is 0 Å². The molecule has 0 aliphatic carbocycles. The van der Waals surface area contributed by atoms with Crippen molar-refractivity contribution in [3.05, 3.63) is 72.4 Å². The third kappa shape index (κ3) is 4.06. The second kappa shape index (κ2) is 8.63. The summed E-state index contributed by atoms with van der Waals surface area (Å²) >= 11 is 0. The van der Waals surface area contributed by atoms with Crippen molar-refractivity contribution in [2.24, 2.45) is 0 Å². The minimum atomic E-state index is -0.751. The van der Waals surface area contributed by atoms with Gasteiger partial charge in [0.05, 0.1) is 6.20 Å². The van der Waals surface area contributed by atoms with Crippen molar-refractivity contribution in [3.63, 3.8) is 0 Å². The number of anilines is 1. The van der Waals surface area contributed by atoms with Gasteiger partial charge in [-0.1, -0.05) is 26.8 Å². The van der Waals surface area contributed by atoms with Gasteiger partial charge in [-0.2, -0.15) is 0 Å². The van der Waals surface area contributed by atoms with Gasteiger partial charge >= 0.3 is 0 Å². The number of pyridine rings is 1. The number of aromatic nitrogens is 4. The molecule has 0 spiro atoms. The van der Waals surface area contributed by atoms with Gasteiger partial charge in [0.25, 0.3) is 5.91 Å². The summed E-state index contributed by atoms with van der Waals surface area (Å²) in [6, 6.07) is 12.8.